The summed E-state index contributed by atoms with van der Waals surface area (Å²) in [5, 5.41) is 0. The molecule has 6 nitrogen and oxygen atoms in total. The molecule has 0 aliphatic heterocycles. The molecular weight excluding hydrogens is 300 g/mol. The quantitative estimate of drug-likeness (QED) is 0.130. The van der Waals surface area contributed by atoms with Crippen molar-refractivity contribution >= 4 is 5.97 Å². The molecule has 0 unspecified atom stereocenters. The number of rotatable bonds is 17. The van der Waals surface area contributed by atoms with E-state index in [0.29, 0.717) is 39.1 Å². The zero-order valence-corrected chi connectivity index (χ0v) is 15.0. The number of ether oxygens (including phenoxy) is 1. The molecule has 0 bridgehead atoms. The van der Waals surface area contributed by atoms with Crippen LogP contribution in [0.2, 0.25) is 0 Å². The van der Waals surface area contributed by atoms with E-state index in [1.807, 2.05) is 6.92 Å². The molecule has 0 N–H and O–H groups in total. The maximum Gasteiger partial charge on any atom is 0.305 e. The molecule has 0 aromatic carbocycles. The van der Waals surface area contributed by atoms with Crippen LogP contribution in [0, 0.1) is 0 Å². The van der Waals surface area contributed by atoms with E-state index in [4.69, 9.17) is 24.3 Å². The third-order valence-corrected chi connectivity index (χ3v) is 3.09. The molecule has 138 valence electrons. The summed E-state index contributed by atoms with van der Waals surface area (Å²) in [6.45, 7) is 7.62. The Morgan fingerprint density at radius 2 is 1.35 bits per heavy atom. The van der Waals surface area contributed by atoms with Crippen LogP contribution in [0.3, 0.4) is 0 Å². The number of hydrogen-bond acceptors (Lipinski definition) is 6. The Morgan fingerprint density at radius 1 is 0.783 bits per heavy atom. The molecule has 0 atom stereocenters. The lowest BCUT2D eigenvalue weighted by molar-refractivity contribution is -0.463. The molecule has 0 spiro atoms. The Morgan fingerprint density at radius 3 is 1.87 bits per heavy atom. The van der Waals surface area contributed by atoms with Gasteiger partial charge in [0.05, 0.1) is 19.8 Å². The number of hydrogen-bond donors (Lipinski definition) is 0. The minimum absolute atomic E-state index is 0.149. The van der Waals surface area contributed by atoms with Crippen molar-refractivity contribution in [2.45, 2.75) is 84.8 Å². The molecule has 0 aliphatic rings. The van der Waals surface area contributed by atoms with Gasteiger partial charge in [0.25, 0.3) is 0 Å². The van der Waals surface area contributed by atoms with Crippen LogP contribution in [0.4, 0.5) is 0 Å². The van der Waals surface area contributed by atoms with Gasteiger partial charge < -0.3 is 4.74 Å². The Balaban J connectivity index is 3.82. The number of unbranched alkanes of at least 4 members (excludes halogenated alkanes) is 3. The molecule has 0 aliphatic carbocycles. The first kappa shape index (κ1) is 22.3. The Labute approximate surface area is 140 Å². The third kappa shape index (κ3) is 16.0. The molecule has 0 saturated heterocycles. The van der Waals surface area contributed by atoms with Crippen molar-refractivity contribution in [3.05, 3.63) is 0 Å². The molecule has 0 amide bonds. The first-order chi connectivity index (χ1) is 11.2. The van der Waals surface area contributed by atoms with Crippen LogP contribution in [-0.2, 0) is 29.1 Å². The van der Waals surface area contributed by atoms with Gasteiger partial charge in [0.2, 0.25) is 6.29 Å². The first-order valence-corrected chi connectivity index (χ1v) is 8.96. The zero-order chi connectivity index (χ0) is 17.2. The van der Waals surface area contributed by atoms with Gasteiger partial charge in [0.1, 0.15) is 0 Å². The summed E-state index contributed by atoms with van der Waals surface area (Å²) in [6.07, 6.45) is 6.84. The van der Waals surface area contributed by atoms with E-state index in [2.05, 4.69) is 13.8 Å². The molecule has 0 fully saturated rings. The van der Waals surface area contributed by atoms with Crippen molar-refractivity contribution < 1.29 is 29.1 Å². The minimum atomic E-state index is -0.599. The van der Waals surface area contributed by atoms with E-state index in [-0.39, 0.29) is 5.97 Å². The number of esters is 1. The lowest BCUT2D eigenvalue weighted by atomic mass is 10.2. The van der Waals surface area contributed by atoms with E-state index >= 15 is 0 Å². The second kappa shape index (κ2) is 17.7. The van der Waals surface area contributed by atoms with Gasteiger partial charge in [0.15, 0.2) is 0 Å². The first-order valence-electron chi connectivity index (χ1n) is 8.96. The third-order valence-electron chi connectivity index (χ3n) is 3.09. The van der Waals surface area contributed by atoms with Crippen molar-refractivity contribution in [3.8, 4) is 0 Å². The Hall–Kier alpha value is -0.690. The Bertz CT molecular complexity index is 247. The molecule has 0 aromatic rings. The van der Waals surface area contributed by atoms with Crippen molar-refractivity contribution in [3.63, 3.8) is 0 Å². The normalized spacial score (nSPS) is 11.1. The SMILES string of the molecule is CCCCOOC(CCCOC(=O)CCCC)OOCCCC. The van der Waals surface area contributed by atoms with Gasteiger partial charge in [-0.25, -0.2) is 19.6 Å². The molecule has 0 saturated carbocycles. The number of carbonyl (C=O) groups excluding carboxylic acids is 1. The second-order valence-corrected chi connectivity index (χ2v) is 5.44. The van der Waals surface area contributed by atoms with Crippen LogP contribution in [0.1, 0.15) is 78.6 Å². The lowest BCUT2D eigenvalue weighted by Gasteiger charge is -2.16. The van der Waals surface area contributed by atoms with Crippen LogP contribution in [0.25, 0.3) is 0 Å². The smallest absolute Gasteiger partial charge is 0.305 e. The van der Waals surface area contributed by atoms with E-state index < -0.39 is 6.29 Å². The van der Waals surface area contributed by atoms with Crippen molar-refractivity contribution in [1.82, 2.24) is 0 Å². The van der Waals surface area contributed by atoms with Crippen LogP contribution in [-0.4, -0.2) is 32.1 Å². The monoisotopic (exact) mass is 334 g/mol. The highest BCUT2D eigenvalue weighted by Crippen LogP contribution is 2.08. The average molecular weight is 334 g/mol. The maximum atomic E-state index is 11.4. The van der Waals surface area contributed by atoms with Gasteiger partial charge >= 0.3 is 5.97 Å². The van der Waals surface area contributed by atoms with Crippen LogP contribution >= 0.6 is 0 Å². The highest BCUT2D eigenvalue weighted by Gasteiger charge is 2.13. The van der Waals surface area contributed by atoms with Gasteiger partial charge in [-0.15, -0.1) is 0 Å². The molecule has 6 heteroatoms. The second-order valence-electron chi connectivity index (χ2n) is 5.44. The molecule has 0 aromatic heterocycles. The Kier molecular flexibility index (Phi) is 17.1. The van der Waals surface area contributed by atoms with Gasteiger partial charge in [0, 0.05) is 12.8 Å². The number of carbonyl (C=O) groups is 1. The van der Waals surface area contributed by atoms with Gasteiger partial charge in [-0.3, -0.25) is 4.79 Å². The average Bonchev–Trinajstić information content (AvgIpc) is 2.56. The summed E-state index contributed by atoms with van der Waals surface area (Å²) in [5.41, 5.74) is 0. The summed E-state index contributed by atoms with van der Waals surface area (Å²) >= 11 is 0. The maximum absolute atomic E-state index is 11.4. The van der Waals surface area contributed by atoms with E-state index in [9.17, 15) is 4.79 Å². The van der Waals surface area contributed by atoms with Crippen molar-refractivity contribution in [1.29, 1.82) is 0 Å². The largest absolute Gasteiger partial charge is 0.466 e. The highest BCUT2D eigenvalue weighted by atomic mass is 17.3. The predicted molar refractivity (Wildman–Crippen MR) is 87.4 cm³/mol. The van der Waals surface area contributed by atoms with E-state index in [1.54, 1.807) is 0 Å². The molecular formula is C17H34O6. The van der Waals surface area contributed by atoms with E-state index in [1.165, 1.54) is 0 Å². The molecule has 23 heavy (non-hydrogen) atoms. The summed E-state index contributed by atoms with van der Waals surface area (Å²) in [6, 6.07) is 0. The van der Waals surface area contributed by atoms with Crippen LogP contribution in [0.15, 0.2) is 0 Å². The van der Waals surface area contributed by atoms with Gasteiger partial charge in [-0.05, 0) is 25.7 Å². The van der Waals surface area contributed by atoms with Gasteiger partial charge in [-0.2, -0.15) is 0 Å². The van der Waals surface area contributed by atoms with Crippen LogP contribution < -0.4 is 0 Å². The fraction of sp³-hybridized carbons (Fsp3) is 0.941. The molecule has 0 rings (SSSR count). The van der Waals surface area contributed by atoms with E-state index in [0.717, 1.165) is 38.5 Å². The van der Waals surface area contributed by atoms with Crippen LogP contribution in [0.5, 0.6) is 0 Å². The van der Waals surface area contributed by atoms with Gasteiger partial charge in [-0.1, -0.05) is 40.0 Å². The highest BCUT2D eigenvalue weighted by molar-refractivity contribution is 5.69. The minimum Gasteiger partial charge on any atom is -0.466 e. The fourth-order valence-electron chi connectivity index (χ4n) is 1.60. The van der Waals surface area contributed by atoms with Crippen molar-refractivity contribution in [2.24, 2.45) is 0 Å². The standard InChI is InChI=1S/C17H34O6/c1-4-7-11-16(18)19-13-10-12-17(22-20-14-8-5-2)23-21-15-9-6-3/h17H,4-15H2,1-3H3. The molecule has 0 heterocycles. The topological polar surface area (TPSA) is 63.2 Å². The van der Waals surface area contributed by atoms with Crippen molar-refractivity contribution in [2.75, 3.05) is 19.8 Å². The summed E-state index contributed by atoms with van der Waals surface area (Å²) in [7, 11) is 0. The zero-order valence-electron chi connectivity index (χ0n) is 15.0. The molecule has 0 radical (unpaired) electrons. The summed E-state index contributed by atoms with van der Waals surface area (Å²) in [5.74, 6) is -0.149. The predicted octanol–water partition coefficient (Wildman–Crippen LogP) is 4.32. The summed E-state index contributed by atoms with van der Waals surface area (Å²) < 4.78 is 5.15. The lowest BCUT2D eigenvalue weighted by Crippen LogP contribution is -2.20. The fourth-order valence-corrected chi connectivity index (χ4v) is 1.60. The summed E-state index contributed by atoms with van der Waals surface area (Å²) in [4.78, 5) is 32.0.